The maximum absolute atomic E-state index is 10.8. The number of nitrogens with one attached hydrogen (secondary N) is 1. The molecule has 1 fully saturated rings. The normalized spacial score (nSPS) is 18.4. The predicted octanol–water partition coefficient (Wildman–Crippen LogP) is 2.18. The van der Waals surface area contributed by atoms with Gasteiger partial charge in [-0.15, -0.1) is 12.4 Å². The quantitative estimate of drug-likeness (QED) is 0.663. The molecule has 0 radical (unpaired) electrons. The molecule has 1 aliphatic rings. The van der Waals surface area contributed by atoms with Crippen molar-refractivity contribution in [3.8, 4) is 5.88 Å². The first-order chi connectivity index (χ1) is 8.77. The number of hydrogen-bond acceptors (Lipinski definition) is 5. The van der Waals surface area contributed by atoms with Gasteiger partial charge < -0.3 is 10.1 Å². The largest absolute Gasteiger partial charge is 0.473 e. The third-order valence-electron chi connectivity index (χ3n) is 3.11. The first-order valence-corrected chi connectivity index (χ1v) is 6.20. The Morgan fingerprint density at radius 1 is 1.58 bits per heavy atom. The molecule has 2 rings (SSSR count). The van der Waals surface area contributed by atoms with Gasteiger partial charge in [0.15, 0.2) is 0 Å². The summed E-state index contributed by atoms with van der Waals surface area (Å²) in [5.41, 5.74) is -0.0701. The van der Waals surface area contributed by atoms with E-state index < -0.39 is 4.92 Å². The Balaban J connectivity index is 0.00000180. The Morgan fingerprint density at radius 3 is 3.11 bits per heavy atom. The number of hydrogen-bond donors (Lipinski definition) is 1. The second-order valence-electron chi connectivity index (χ2n) is 4.43. The molecule has 0 aromatic carbocycles. The molecule has 0 saturated carbocycles. The lowest BCUT2D eigenvalue weighted by Gasteiger charge is -2.22. The topological polar surface area (TPSA) is 77.3 Å². The molecule has 6 nitrogen and oxygen atoms in total. The minimum Gasteiger partial charge on any atom is -0.473 e. The molecule has 0 aliphatic carbocycles. The average molecular weight is 288 g/mol. The van der Waals surface area contributed by atoms with Crippen molar-refractivity contribution in [2.24, 2.45) is 5.92 Å². The van der Waals surface area contributed by atoms with Gasteiger partial charge in [-0.25, -0.2) is 4.98 Å². The Morgan fingerprint density at radius 2 is 2.42 bits per heavy atom. The molecule has 106 valence electrons. The SMILES string of the molecule is Cl.O=[N+]([O-])c1cccnc1OCCC1CCCNC1. The summed E-state index contributed by atoms with van der Waals surface area (Å²) < 4.78 is 5.42. The number of nitrogens with zero attached hydrogens (tertiary/aromatic N) is 2. The van der Waals surface area contributed by atoms with Gasteiger partial charge in [-0.2, -0.15) is 0 Å². The van der Waals surface area contributed by atoms with Crippen LogP contribution in [0.4, 0.5) is 5.69 Å². The molecule has 1 unspecified atom stereocenters. The van der Waals surface area contributed by atoms with Gasteiger partial charge in [0.05, 0.1) is 11.5 Å². The zero-order chi connectivity index (χ0) is 12.8. The number of pyridine rings is 1. The van der Waals surface area contributed by atoms with Crippen molar-refractivity contribution in [3.63, 3.8) is 0 Å². The summed E-state index contributed by atoms with van der Waals surface area (Å²) in [6.07, 6.45) is 4.79. The summed E-state index contributed by atoms with van der Waals surface area (Å²) >= 11 is 0. The van der Waals surface area contributed by atoms with Gasteiger partial charge in [-0.05, 0) is 44.3 Å². The average Bonchev–Trinajstić information content (AvgIpc) is 2.40. The second-order valence-corrected chi connectivity index (χ2v) is 4.43. The maximum Gasteiger partial charge on any atom is 0.330 e. The maximum atomic E-state index is 10.8. The van der Waals surface area contributed by atoms with E-state index in [4.69, 9.17) is 4.74 Å². The summed E-state index contributed by atoms with van der Waals surface area (Å²) in [6, 6.07) is 2.94. The first kappa shape index (κ1) is 15.7. The highest BCUT2D eigenvalue weighted by atomic mass is 35.5. The van der Waals surface area contributed by atoms with E-state index in [2.05, 4.69) is 10.3 Å². The molecule has 7 heteroatoms. The van der Waals surface area contributed by atoms with Crippen LogP contribution in [0.2, 0.25) is 0 Å². The fraction of sp³-hybridized carbons (Fsp3) is 0.583. The van der Waals surface area contributed by atoms with Gasteiger partial charge in [0.2, 0.25) is 0 Å². The van der Waals surface area contributed by atoms with Crippen LogP contribution in [0.1, 0.15) is 19.3 Å². The van der Waals surface area contributed by atoms with Crippen molar-refractivity contribution in [2.75, 3.05) is 19.7 Å². The highest BCUT2D eigenvalue weighted by Gasteiger charge is 2.17. The van der Waals surface area contributed by atoms with Gasteiger partial charge in [0.25, 0.3) is 5.88 Å². The van der Waals surface area contributed by atoms with Crippen LogP contribution in [0.25, 0.3) is 0 Å². The number of halogens is 1. The zero-order valence-electron chi connectivity index (χ0n) is 10.6. The van der Waals surface area contributed by atoms with Crippen molar-refractivity contribution in [1.82, 2.24) is 10.3 Å². The molecular weight excluding hydrogens is 270 g/mol. The lowest BCUT2D eigenvalue weighted by molar-refractivity contribution is -0.386. The highest BCUT2D eigenvalue weighted by Crippen LogP contribution is 2.23. The number of ether oxygens (including phenoxy) is 1. The Kier molecular flexibility index (Phi) is 6.52. The van der Waals surface area contributed by atoms with E-state index in [-0.39, 0.29) is 24.0 Å². The van der Waals surface area contributed by atoms with Crippen LogP contribution < -0.4 is 10.1 Å². The number of aromatic nitrogens is 1. The van der Waals surface area contributed by atoms with Gasteiger partial charge in [0, 0.05) is 12.3 Å². The molecular formula is C12H18ClN3O3. The first-order valence-electron chi connectivity index (χ1n) is 6.20. The van der Waals surface area contributed by atoms with Crippen LogP contribution in [0.3, 0.4) is 0 Å². The van der Waals surface area contributed by atoms with Gasteiger partial charge in [0.1, 0.15) is 0 Å². The Hall–Kier alpha value is -1.40. The van der Waals surface area contributed by atoms with E-state index in [1.165, 1.54) is 31.2 Å². The standard InChI is InChI=1S/C12H17N3O3.ClH/c16-15(17)11-4-2-7-14-12(11)18-8-5-10-3-1-6-13-9-10;/h2,4,7,10,13H,1,3,5-6,8-9H2;1H. The summed E-state index contributed by atoms with van der Waals surface area (Å²) in [5.74, 6) is 0.716. The van der Waals surface area contributed by atoms with Crippen molar-refractivity contribution < 1.29 is 9.66 Å². The minimum atomic E-state index is -0.468. The van der Waals surface area contributed by atoms with Crippen LogP contribution in [-0.2, 0) is 0 Å². The summed E-state index contributed by atoms with van der Waals surface area (Å²) in [7, 11) is 0. The van der Waals surface area contributed by atoms with E-state index in [9.17, 15) is 10.1 Å². The summed E-state index contributed by atoms with van der Waals surface area (Å²) in [6.45, 7) is 2.57. The van der Waals surface area contributed by atoms with Crippen LogP contribution in [0.5, 0.6) is 5.88 Å². The van der Waals surface area contributed by atoms with E-state index in [0.717, 1.165) is 19.5 Å². The third kappa shape index (κ3) is 4.65. The van der Waals surface area contributed by atoms with Crippen LogP contribution >= 0.6 is 12.4 Å². The smallest absolute Gasteiger partial charge is 0.330 e. The summed E-state index contributed by atoms with van der Waals surface area (Å²) in [5, 5.41) is 14.1. The van der Waals surface area contributed by atoms with E-state index in [0.29, 0.717) is 12.5 Å². The van der Waals surface area contributed by atoms with Crippen molar-refractivity contribution in [1.29, 1.82) is 0 Å². The van der Waals surface area contributed by atoms with E-state index >= 15 is 0 Å². The number of rotatable bonds is 5. The lowest BCUT2D eigenvalue weighted by atomic mass is 9.97. The fourth-order valence-corrected chi connectivity index (χ4v) is 2.13. The molecule has 0 amide bonds. The zero-order valence-corrected chi connectivity index (χ0v) is 11.4. The van der Waals surface area contributed by atoms with Crippen LogP contribution in [0.15, 0.2) is 18.3 Å². The van der Waals surface area contributed by atoms with Crippen molar-refractivity contribution >= 4 is 18.1 Å². The van der Waals surface area contributed by atoms with Crippen molar-refractivity contribution in [3.05, 3.63) is 28.4 Å². The predicted molar refractivity (Wildman–Crippen MR) is 73.8 cm³/mol. The molecule has 19 heavy (non-hydrogen) atoms. The van der Waals surface area contributed by atoms with Gasteiger partial charge in [-0.3, -0.25) is 10.1 Å². The second kappa shape index (κ2) is 7.91. The summed E-state index contributed by atoms with van der Waals surface area (Å²) in [4.78, 5) is 14.2. The number of nitro groups is 1. The minimum absolute atomic E-state index is 0. The van der Waals surface area contributed by atoms with E-state index in [1.807, 2.05) is 0 Å². The third-order valence-corrected chi connectivity index (χ3v) is 3.11. The lowest BCUT2D eigenvalue weighted by Crippen LogP contribution is -2.30. The molecule has 1 aromatic heterocycles. The van der Waals surface area contributed by atoms with Crippen molar-refractivity contribution in [2.45, 2.75) is 19.3 Å². The molecule has 1 N–H and O–H groups in total. The Bertz CT molecular complexity index is 411. The van der Waals surface area contributed by atoms with Crippen LogP contribution in [0, 0.1) is 16.0 Å². The fourth-order valence-electron chi connectivity index (χ4n) is 2.13. The Labute approximate surface area is 118 Å². The van der Waals surface area contributed by atoms with Gasteiger partial charge in [-0.1, -0.05) is 0 Å². The molecule has 2 heterocycles. The molecule has 1 atom stereocenters. The van der Waals surface area contributed by atoms with Crippen LogP contribution in [-0.4, -0.2) is 29.6 Å². The molecule has 0 bridgehead atoms. The molecule has 0 spiro atoms. The highest BCUT2D eigenvalue weighted by molar-refractivity contribution is 5.85. The molecule has 1 aromatic rings. The monoisotopic (exact) mass is 287 g/mol. The molecule has 1 aliphatic heterocycles. The van der Waals surface area contributed by atoms with Gasteiger partial charge >= 0.3 is 5.69 Å². The number of piperidine rings is 1. The van der Waals surface area contributed by atoms with E-state index in [1.54, 1.807) is 0 Å². The molecule has 1 saturated heterocycles.